The molecule has 0 saturated heterocycles. The zero-order chi connectivity index (χ0) is 35.1. The van der Waals surface area contributed by atoms with Crippen molar-refractivity contribution < 1.29 is 33.3 Å². The van der Waals surface area contributed by atoms with Crippen LogP contribution in [0.3, 0.4) is 0 Å². The van der Waals surface area contributed by atoms with Crippen LogP contribution in [0.4, 0.5) is 0 Å². The quantitative estimate of drug-likeness (QED) is 0.212. The highest BCUT2D eigenvalue weighted by Gasteiger charge is 2.35. The molecule has 2 atom stereocenters. The van der Waals surface area contributed by atoms with Gasteiger partial charge in [-0.25, -0.2) is 5.06 Å². The number of methoxy groups -OCH3 is 3. The van der Waals surface area contributed by atoms with Gasteiger partial charge in [0.15, 0.2) is 23.0 Å². The number of carbonyl (C=O) groups is 1. The van der Waals surface area contributed by atoms with Gasteiger partial charge in [0.2, 0.25) is 5.75 Å². The molecule has 1 amide bonds. The Hall–Kier alpha value is -4.77. The van der Waals surface area contributed by atoms with E-state index in [1.165, 1.54) is 23.3 Å². The van der Waals surface area contributed by atoms with Crippen LogP contribution in [0.1, 0.15) is 55.8 Å². The first-order chi connectivity index (χ1) is 24.2. The van der Waals surface area contributed by atoms with Gasteiger partial charge in [-0.15, -0.1) is 0 Å². The molecule has 4 aliphatic heterocycles. The number of hydrogen-bond acceptors (Lipinski definition) is 9. The highest BCUT2D eigenvalue weighted by molar-refractivity contribution is 5.96. The molecule has 0 saturated carbocycles. The van der Waals surface area contributed by atoms with Crippen LogP contribution in [-0.2, 0) is 30.5 Å². The average Bonchev–Trinajstić information content (AvgIpc) is 3.13. The zero-order valence-corrected chi connectivity index (χ0v) is 29.9. The van der Waals surface area contributed by atoms with Crippen LogP contribution in [0.2, 0.25) is 0 Å². The summed E-state index contributed by atoms with van der Waals surface area (Å²) in [5.74, 6) is 3.95. The lowest BCUT2D eigenvalue weighted by atomic mass is 9.87. The third-order valence-corrected chi connectivity index (χ3v) is 10.5. The second-order valence-electron chi connectivity index (χ2n) is 13.3. The summed E-state index contributed by atoms with van der Waals surface area (Å²) in [6.45, 7) is 1.77. The summed E-state index contributed by atoms with van der Waals surface area (Å²) < 4.78 is 31.4. The topological polar surface area (TPSA) is 82.2 Å². The first-order valence-corrected chi connectivity index (χ1v) is 17.0. The van der Waals surface area contributed by atoms with E-state index in [9.17, 15) is 4.79 Å². The van der Waals surface area contributed by atoms with Crippen LogP contribution in [0.5, 0.6) is 40.2 Å². The molecule has 0 radical (unpaired) electrons. The number of ether oxygens (including phenoxy) is 5. The number of nitrogens with zero attached hydrogens (tertiary/aromatic N) is 3. The standard InChI is InChI=1S/C40H45N3O7/c1-41-16-14-26-21-34(45-4)35-23-30(26)31(41)19-25-10-13-29(40(44)43(3)48-7)33(20-25)49-28-11-8-24(9-12-28)18-32-37-27(15-17-42(32)2)22-36(46-5)38(47-6)39(37)50-35/h8-13,20-23,31-32H,14-19H2,1-7H3/t31-,32+/m1/s1. The molecule has 6 bridgehead atoms. The van der Waals surface area contributed by atoms with Gasteiger partial charge in [0.05, 0.1) is 34.0 Å². The number of fused-ring (bicyclic) bond motifs is 2. The molecule has 10 nitrogen and oxygen atoms in total. The zero-order valence-electron chi connectivity index (χ0n) is 29.9. The maximum Gasteiger partial charge on any atom is 0.280 e. The van der Waals surface area contributed by atoms with Gasteiger partial charge in [-0.1, -0.05) is 18.2 Å². The Morgan fingerprint density at radius 1 is 0.740 bits per heavy atom. The molecular formula is C40H45N3O7. The fraction of sp³-hybridized carbons (Fsp3) is 0.375. The van der Waals surface area contributed by atoms with E-state index in [1.807, 2.05) is 30.3 Å². The predicted octanol–water partition coefficient (Wildman–Crippen LogP) is 6.79. The second kappa shape index (κ2) is 13.9. The molecule has 10 heteroatoms. The number of rotatable bonds is 5. The number of hydrogen-bond donors (Lipinski definition) is 0. The maximum atomic E-state index is 13.4. The van der Waals surface area contributed by atoms with E-state index >= 15 is 0 Å². The minimum absolute atomic E-state index is 0.00722. The summed E-state index contributed by atoms with van der Waals surface area (Å²) in [6, 6.07) is 20.3. The highest BCUT2D eigenvalue weighted by atomic mass is 16.7. The molecule has 0 aromatic heterocycles. The van der Waals surface area contributed by atoms with Gasteiger partial charge in [0, 0.05) is 37.8 Å². The van der Waals surface area contributed by atoms with Crippen LogP contribution in [0.15, 0.2) is 60.7 Å². The molecule has 8 rings (SSSR count). The summed E-state index contributed by atoms with van der Waals surface area (Å²) in [5, 5.41) is 1.21. The molecule has 0 fully saturated rings. The van der Waals surface area contributed by atoms with E-state index in [1.54, 1.807) is 28.4 Å². The lowest BCUT2D eigenvalue weighted by molar-refractivity contribution is -0.0758. The Kier molecular flexibility index (Phi) is 9.34. The summed E-state index contributed by atoms with van der Waals surface area (Å²) in [4.78, 5) is 23.3. The molecule has 262 valence electrons. The molecule has 4 aromatic rings. The first kappa shape index (κ1) is 33.7. The molecule has 4 heterocycles. The van der Waals surface area contributed by atoms with Crippen molar-refractivity contribution in [1.82, 2.24) is 14.9 Å². The summed E-state index contributed by atoms with van der Waals surface area (Å²) in [7, 11) is 12.4. The average molecular weight is 680 g/mol. The summed E-state index contributed by atoms with van der Waals surface area (Å²) in [6.07, 6.45) is 3.13. The largest absolute Gasteiger partial charge is 0.493 e. The molecule has 0 aliphatic carbocycles. The third kappa shape index (κ3) is 6.12. The van der Waals surface area contributed by atoms with Gasteiger partial charge in [-0.3, -0.25) is 19.4 Å². The molecule has 4 aromatic carbocycles. The maximum absolute atomic E-state index is 13.4. The molecule has 0 spiro atoms. The second-order valence-corrected chi connectivity index (χ2v) is 13.3. The smallest absolute Gasteiger partial charge is 0.280 e. The third-order valence-electron chi connectivity index (χ3n) is 10.5. The summed E-state index contributed by atoms with van der Waals surface area (Å²) >= 11 is 0. The van der Waals surface area contributed by atoms with E-state index in [0.717, 1.165) is 54.6 Å². The lowest BCUT2D eigenvalue weighted by Crippen LogP contribution is -2.34. The van der Waals surface area contributed by atoms with Crippen molar-refractivity contribution in [2.45, 2.75) is 37.8 Å². The van der Waals surface area contributed by atoms with Crippen LogP contribution in [0, 0.1) is 0 Å². The first-order valence-electron chi connectivity index (χ1n) is 17.0. The SMILES string of the molecule is COc1cc2c3cc1Oc1c(OC)c(OC)cc4c1[C@H](Cc1ccc(cc1)Oc1cc(ccc1C(=O)N(C)OC)C[C@H]3N(C)CC2)N(C)CC4. The highest BCUT2D eigenvalue weighted by Crippen LogP contribution is 2.51. The van der Waals surface area contributed by atoms with E-state index in [4.69, 9.17) is 28.5 Å². The van der Waals surface area contributed by atoms with Crippen molar-refractivity contribution in [2.75, 3.05) is 62.7 Å². The van der Waals surface area contributed by atoms with E-state index in [2.05, 4.69) is 54.2 Å². The normalized spacial score (nSPS) is 18.5. The van der Waals surface area contributed by atoms with Gasteiger partial charge < -0.3 is 23.7 Å². The van der Waals surface area contributed by atoms with Crippen LogP contribution >= 0.6 is 0 Å². The number of likely N-dealkylation sites (N-methyl/N-ethyl adjacent to an activating group) is 2. The van der Waals surface area contributed by atoms with Gasteiger partial charge in [0.1, 0.15) is 11.5 Å². The van der Waals surface area contributed by atoms with Crippen LogP contribution < -0.4 is 23.7 Å². The van der Waals surface area contributed by atoms with Gasteiger partial charge in [0.25, 0.3) is 5.91 Å². The monoisotopic (exact) mass is 679 g/mol. The van der Waals surface area contributed by atoms with Crippen molar-refractivity contribution in [3.63, 3.8) is 0 Å². The van der Waals surface area contributed by atoms with Crippen molar-refractivity contribution >= 4 is 5.91 Å². The number of hydroxylamine groups is 2. The molecule has 4 aliphatic rings. The molecule has 50 heavy (non-hydrogen) atoms. The Labute approximate surface area is 294 Å². The molecule has 0 N–H and O–H groups in total. The molecule has 0 unspecified atom stereocenters. The Morgan fingerprint density at radius 2 is 1.40 bits per heavy atom. The van der Waals surface area contributed by atoms with Crippen LogP contribution in [-0.4, -0.2) is 83.4 Å². The number of carbonyl (C=O) groups excluding carboxylic acids is 1. The Bertz CT molecular complexity index is 1910. The van der Waals surface area contributed by atoms with Crippen LogP contribution in [0.25, 0.3) is 0 Å². The van der Waals surface area contributed by atoms with Gasteiger partial charge >= 0.3 is 0 Å². The van der Waals surface area contributed by atoms with Crippen molar-refractivity contribution in [2.24, 2.45) is 0 Å². The van der Waals surface area contributed by atoms with Gasteiger partial charge in [-0.2, -0.15) is 0 Å². The molecular weight excluding hydrogens is 634 g/mol. The van der Waals surface area contributed by atoms with Crippen molar-refractivity contribution in [3.05, 3.63) is 99.6 Å². The Morgan fingerprint density at radius 3 is 2.10 bits per heavy atom. The van der Waals surface area contributed by atoms with Crippen molar-refractivity contribution in [1.29, 1.82) is 0 Å². The van der Waals surface area contributed by atoms with Gasteiger partial charge in [-0.05, 0) is 110 Å². The minimum atomic E-state index is -0.288. The summed E-state index contributed by atoms with van der Waals surface area (Å²) in [5.41, 5.74) is 7.21. The fourth-order valence-corrected chi connectivity index (χ4v) is 7.55. The number of amides is 1. The Balaban J connectivity index is 1.44. The predicted molar refractivity (Wildman–Crippen MR) is 190 cm³/mol. The van der Waals surface area contributed by atoms with E-state index < -0.39 is 0 Å². The van der Waals surface area contributed by atoms with Crippen molar-refractivity contribution in [3.8, 4) is 40.2 Å². The van der Waals surface area contributed by atoms with E-state index in [-0.39, 0.29) is 18.0 Å². The number of benzene rings is 4. The lowest BCUT2D eigenvalue weighted by Gasteiger charge is -2.37. The van der Waals surface area contributed by atoms with E-state index in [0.29, 0.717) is 52.2 Å². The minimum Gasteiger partial charge on any atom is -0.493 e. The fourth-order valence-electron chi connectivity index (χ4n) is 7.55.